The van der Waals surface area contributed by atoms with E-state index in [1.165, 1.54) is 51.4 Å². The van der Waals surface area contributed by atoms with Crippen LogP contribution >= 0.6 is 0 Å². The summed E-state index contributed by atoms with van der Waals surface area (Å²) in [5, 5.41) is 14.6. The third-order valence-electron chi connectivity index (χ3n) is 6.82. The molecule has 0 aliphatic heterocycles. The molecular formula is C31H52N2O4. The Labute approximate surface area is 225 Å². The zero-order chi connectivity index (χ0) is 27.0. The summed E-state index contributed by atoms with van der Waals surface area (Å²) in [5.74, 6) is -0.874. The summed E-state index contributed by atoms with van der Waals surface area (Å²) in [6.07, 6.45) is 20.0. The number of hydrogen-bond donors (Lipinski definition) is 3. The van der Waals surface area contributed by atoms with Gasteiger partial charge in [0.25, 0.3) is 0 Å². The van der Waals surface area contributed by atoms with Gasteiger partial charge in [0.05, 0.1) is 0 Å². The molecule has 6 heteroatoms. The predicted molar refractivity (Wildman–Crippen MR) is 151 cm³/mol. The summed E-state index contributed by atoms with van der Waals surface area (Å²) in [6.45, 7) is 2.79. The molecule has 37 heavy (non-hydrogen) atoms. The van der Waals surface area contributed by atoms with Crippen molar-refractivity contribution in [2.45, 2.75) is 135 Å². The lowest BCUT2D eigenvalue weighted by Gasteiger charge is -2.19. The van der Waals surface area contributed by atoms with Crippen LogP contribution in [0.15, 0.2) is 30.3 Å². The van der Waals surface area contributed by atoms with Crippen molar-refractivity contribution in [3.05, 3.63) is 35.9 Å². The molecule has 0 saturated heterocycles. The van der Waals surface area contributed by atoms with Crippen molar-refractivity contribution in [3.63, 3.8) is 0 Å². The van der Waals surface area contributed by atoms with Crippen LogP contribution in [0, 0.1) is 0 Å². The summed E-state index contributed by atoms with van der Waals surface area (Å²) >= 11 is 0. The number of carboxylic acid groups (broad SMARTS) is 1. The summed E-state index contributed by atoms with van der Waals surface area (Å²) in [5.41, 5.74) is 0.820. The number of benzene rings is 1. The largest absolute Gasteiger partial charge is 0.481 e. The number of amides is 2. The Balaban J connectivity index is 2.10. The van der Waals surface area contributed by atoms with Crippen molar-refractivity contribution in [2.75, 3.05) is 6.54 Å². The minimum atomic E-state index is -0.685. The Hall–Kier alpha value is -2.37. The molecule has 0 bridgehead atoms. The molecule has 0 aliphatic carbocycles. The zero-order valence-electron chi connectivity index (χ0n) is 23.3. The quantitative estimate of drug-likeness (QED) is 0.124. The Morgan fingerprint density at radius 2 is 1.16 bits per heavy atom. The van der Waals surface area contributed by atoms with E-state index in [-0.39, 0.29) is 11.8 Å². The normalized spacial score (nSPS) is 11.7. The first-order valence-corrected chi connectivity index (χ1v) is 14.9. The number of carbonyl (C=O) groups is 3. The van der Waals surface area contributed by atoms with E-state index in [0.29, 0.717) is 19.4 Å². The van der Waals surface area contributed by atoms with Gasteiger partial charge in [-0.2, -0.15) is 0 Å². The second-order valence-corrected chi connectivity index (χ2v) is 10.3. The molecule has 0 heterocycles. The first kappa shape index (κ1) is 32.7. The molecular weight excluding hydrogens is 464 g/mol. The zero-order valence-corrected chi connectivity index (χ0v) is 23.3. The van der Waals surface area contributed by atoms with Crippen molar-refractivity contribution in [1.82, 2.24) is 10.6 Å². The Kier molecular flexibility index (Phi) is 20.1. The summed E-state index contributed by atoms with van der Waals surface area (Å²) < 4.78 is 0. The van der Waals surface area contributed by atoms with E-state index in [1.807, 2.05) is 30.3 Å². The molecule has 0 saturated carbocycles. The average Bonchev–Trinajstić information content (AvgIpc) is 2.89. The highest BCUT2D eigenvalue weighted by molar-refractivity contribution is 5.88. The topological polar surface area (TPSA) is 95.5 Å². The molecule has 0 aliphatic rings. The number of unbranched alkanes of at least 4 members (excludes halogenated alkanes) is 15. The number of carboxylic acids is 1. The van der Waals surface area contributed by atoms with Crippen molar-refractivity contribution in [1.29, 1.82) is 0 Å². The van der Waals surface area contributed by atoms with Crippen molar-refractivity contribution in [2.24, 2.45) is 0 Å². The van der Waals surface area contributed by atoms with Crippen LogP contribution in [0.25, 0.3) is 0 Å². The number of hydrogen-bond acceptors (Lipinski definition) is 3. The highest BCUT2D eigenvalue weighted by Gasteiger charge is 2.22. The highest BCUT2D eigenvalue weighted by Crippen LogP contribution is 2.15. The standard InChI is InChI=1S/C31H52N2O4/c1-2-3-4-19-24-28(34)33-30(27-22-17-16-18-23-27)31(37)32-26-21-15-13-11-9-7-5-6-8-10-12-14-20-25-29(35)36/h16-18,22-23,30H,2-15,19-21,24-26H2,1H3,(H,32,37)(H,33,34)(H,35,36)/t30-/m1/s1. The Morgan fingerprint density at radius 3 is 1.70 bits per heavy atom. The van der Waals surface area contributed by atoms with E-state index in [2.05, 4.69) is 17.6 Å². The number of carbonyl (C=O) groups excluding carboxylic acids is 2. The van der Waals surface area contributed by atoms with E-state index in [1.54, 1.807) is 0 Å². The third kappa shape index (κ3) is 18.5. The maximum Gasteiger partial charge on any atom is 0.303 e. The smallest absolute Gasteiger partial charge is 0.303 e. The molecule has 1 atom stereocenters. The van der Waals surface area contributed by atoms with Crippen LogP contribution in [-0.4, -0.2) is 29.4 Å². The molecule has 0 radical (unpaired) electrons. The lowest BCUT2D eigenvalue weighted by molar-refractivity contribution is -0.137. The van der Waals surface area contributed by atoms with Gasteiger partial charge in [-0.1, -0.05) is 127 Å². The van der Waals surface area contributed by atoms with Crippen LogP contribution in [-0.2, 0) is 14.4 Å². The van der Waals surface area contributed by atoms with Gasteiger partial charge in [0.15, 0.2) is 0 Å². The highest BCUT2D eigenvalue weighted by atomic mass is 16.4. The molecule has 1 aromatic carbocycles. The summed E-state index contributed by atoms with van der Waals surface area (Å²) in [7, 11) is 0. The SMILES string of the molecule is CCCCCCC(=O)N[C@@H](C(=O)NCCCCCCCCCCCCCCCC(=O)O)c1ccccc1. The molecule has 210 valence electrons. The number of rotatable bonds is 24. The molecule has 6 nitrogen and oxygen atoms in total. The van der Waals surface area contributed by atoms with Crippen LogP contribution < -0.4 is 10.6 Å². The minimum absolute atomic E-state index is 0.0594. The van der Waals surface area contributed by atoms with Gasteiger partial charge < -0.3 is 15.7 Å². The molecule has 0 spiro atoms. The molecule has 2 amide bonds. The molecule has 1 aromatic rings. The van der Waals surface area contributed by atoms with E-state index in [4.69, 9.17) is 5.11 Å². The fraction of sp³-hybridized carbons (Fsp3) is 0.710. The van der Waals surface area contributed by atoms with Gasteiger partial charge >= 0.3 is 5.97 Å². The van der Waals surface area contributed by atoms with E-state index in [9.17, 15) is 14.4 Å². The second kappa shape index (κ2) is 22.8. The number of nitrogens with one attached hydrogen (secondary N) is 2. The van der Waals surface area contributed by atoms with E-state index >= 15 is 0 Å². The fourth-order valence-electron chi connectivity index (χ4n) is 4.55. The maximum atomic E-state index is 12.9. The Morgan fingerprint density at radius 1 is 0.676 bits per heavy atom. The Bertz CT molecular complexity index is 723. The van der Waals surface area contributed by atoms with E-state index in [0.717, 1.165) is 63.4 Å². The minimum Gasteiger partial charge on any atom is -0.481 e. The monoisotopic (exact) mass is 516 g/mol. The lowest BCUT2D eigenvalue weighted by Crippen LogP contribution is -2.40. The van der Waals surface area contributed by atoms with Gasteiger partial charge in [0, 0.05) is 19.4 Å². The van der Waals surface area contributed by atoms with Gasteiger partial charge in [-0.05, 0) is 24.8 Å². The van der Waals surface area contributed by atoms with Gasteiger partial charge in [-0.15, -0.1) is 0 Å². The number of aliphatic carboxylic acids is 1. The third-order valence-corrected chi connectivity index (χ3v) is 6.82. The van der Waals surface area contributed by atoms with Gasteiger partial charge in [-0.3, -0.25) is 14.4 Å². The van der Waals surface area contributed by atoms with Crippen LogP contribution in [0.4, 0.5) is 0 Å². The fourth-order valence-corrected chi connectivity index (χ4v) is 4.55. The summed E-state index contributed by atoms with van der Waals surface area (Å²) in [6, 6.07) is 8.86. The van der Waals surface area contributed by atoms with Gasteiger partial charge in [0.2, 0.25) is 11.8 Å². The van der Waals surface area contributed by atoms with Gasteiger partial charge in [-0.25, -0.2) is 0 Å². The van der Waals surface area contributed by atoms with Crippen molar-refractivity contribution >= 4 is 17.8 Å². The van der Waals surface area contributed by atoms with Crippen LogP contribution in [0.2, 0.25) is 0 Å². The van der Waals surface area contributed by atoms with Crippen LogP contribution in [0.3, 0.4) is 0 Å². The average molecular weight is 517 g/mol. The van der Waals surface area contributed by atoms with Gasteiger partial charge in [0.1, 0.15) is 6.04 Å². The first-order chi connectivity index (χ1) is 18.0. The molecule has 0 aromatic heterocycles. The molecule has 0 fully saturated rings. The van der Waals surface area contributed by atoms with Crippen LogP contribution in [0.5, 0.6) is 0 Å². The second-order valence-electron chi connectivity index (χ2n) is 10.3. The predicted octanol–water partition coefficient (Wildman–Crippen LogP) is 7.48. The van der Waals surface area contributed by atoms with Crippen molar-refractivity contribution in [3.8, 4) is 0 Å². The van der Waals surface area contributed by atoms with Crippen molar-refractivity contribution < 1.29 is 19.5 Å². The molecule has 0 unspecified atom stereocenters. The van der Waals surface area contributed by atoms with E-state index < -0.39 is 12.0 Å². The summed E-state index contributed by atoms with van der Waals surface area (Å²) in [4.78, 5) is 35.8. The molecule has 3 N–H and O–H groups in total. The van der Waals surface area contributed by atoms with Crippen LogP contribution in [0.1, 0.15) is 141 Å². The first-order valence-electron chi connectivity index (χ1n) is 14.9. The lowest BCUT2D eigenvalue weighted by atomic mass is 10.0. The maximum absolute atomic E-state index is 12.9. The molecule has 1 rings (SSSR count).